The van der Waals surface area contributed by atoms with Crippen LogP contribution in [0.4, 0.5) is 0 Å². The third kappa shape index (κ3) is 4.97. The highest BCUT2D eigenvalue weighted by molar-refractivity contribution is 5.95. The first kappa shape index (κ1) is 17.8. The van der Waals surface area contributed by atoms with Crippen molar-refractivity contribution in [2.75, 3.05) is 13.1 Å². The molecule has 2 rings (SSSR count). The van der Waals surface area contributed by atoms with Gasteiger partial charge in [0.25, 0.3) is 5.91 Å². The van der Waals surface area contributed by atoms with E-state index in [1.54, 1.807) is 4.90 Å². The van der Waals surface area contributed by atoms with Crippen molar-refractivity contribution in [3.63, 3.8) is 0 Å². The van der Waals surface area contributed by atoms with E-state index in [0.29, 0.717) is 25.9 Å². The lowest BCUT2D eigenvalue weighted by atomic mass is 10.0. The van der Waals surface area contributed by atoms with E-state index in [-0.39, 0.29) is 53.5 Å². The van der Waals surface area contributed by atoms with Crippen molar-refractivity contribution in [1.29, 1.82) is 0 Å². The molecule has 1 saturated heterocycles. The fraction of sp³-hybridized carbons (Fsp3) is 0.471. The molecule has 0 unspecified atom stereocenters. The largest absolute Gasteiger partial charge is 0.508 e. The number of carbonyl (C=O) groups is 3. The van der Waals surface area contributed by atoms with Crippen LogP contribution in [0.2, 0.25) is 0 Å². The Bertz CT molecular complexity index is 616. The Kier molecular flexibility index (Phi) is 5.78. The minimum atomic E-state index is -0.373. The molecule has 1 aliphatic heterocycles. The number of benzene rings is 1. The van der Waals surface area contributed by atoms with E-state index in [4.69, 9.17) is 0 Å². The van der Waals surface area contributed by atoms with Gasteiger partial charge >= 0.3 is 0 Å². The number of ketones is 1. The van der Waals surface area contributed by atoms with Crippen LogP contribution >= 0.6 is 0 Å². The number of hydrogen-bond acceptors (Lipinski definition) is 5. The second-order valence-corrected chi connectivity index (χ2v) is 6.07. The number of carbonyl (C=O) groups excluding carboxylic acids is 3. The second-order valence-electron chi connectivity index (χ2n) is 6.07. The number of amides is 2. The van der Waals surface area contributed by atoms with Crippen LogP contribution in [-0.2, 0) is 9.59 Å². The van der Waals surface area contributed by atoms with Gasteiger partial charge in [-0.25, -0.2) is 0 Å². The molecule has 7 heteroatoms. The van der Waals surface area contributed by atoms with Crippen LogP contribution in [-0.4, -0.2) is 51.8 Å². The van der Waals surface area contributed by atoms with Crippen LogP contribution in [0.15, 0.2) is 18.2 Å². The summed E-state index contributed by atoms with van der Waals surface area (Å²) >= 11 is 0. The first-order valence-electron chi connectivity index (χ1n) is 7.96. The van der Waals surface area contributed by atoms with Gasteiger partial charge < -0.3 is 25.2 Å². The zero-order valence-corrected chi connectivity index (χ0v) is 13.6. The van der Waals surface area contributed by atoms with Gasteiger partial charge in [0, 0.05) is 43.6 Å². The first-order valence-corrected chi connectivity index (χ1v) is 7.96. The zero-order chi connectivity index (χ0) is 17.7. The predicted octanol–water partition coefficient (Wildman–Crippen LogP) is 1.19. The van der Waals surface area contributed by atoms with Crippen LogP contribution in [0.5, 0.6) is 11.5 Å². The Labute approximate surface area is 140 Å². The Balaban J connectivity index is 1.83. The van der Waals surface area contributed by atoms with E-state index in [0.717, 1.165) is 6.07 Å². The third-order valence-corrected chi connectivity index (χ3v) is 4.04. The van der Waals surface area contributed by atoms with Gasteiger partial charge in [0.1, 0.15) is 17.3 Å². The summed E-state index contributed by atoms with van der Waals surface area (Å²) in [5, 5.41) is 21.7. The van der Waals surface area contributed by atoms with Crippen LogP contribution in [0.3, 0.4) is 0 Å². The van der Waals surface area contributed by atoms with E-state index in [1.165, 1.54) is 19.1 Å². The number of phenols is 2. The molecule has 1 aromatic rings. The van der Waals surface area contributed by atoms with Gasteiger partial charge in [-0.2, -0.15) is 0 Å². The summed E-state index contributed by atoms with van der Waals surface area (Å²) < 4.78 is 0. The highest BCUT2D eigenvalue weighted by atomic mass is 16.3. The first-order chi connectivity index (χ1) is 11.3. The van der Waals surface area contributed by atoms with E-state index >= 15 is 0 Å². The van der Waals surface area contributed by atoms with E-state index < -0.39 is 0 Å². The molecule has 0 aromatic heterocycles. The molecule has 1 fully saturated rings. The van der Waals surface area contributed by atoms with Crippen molar-refractivity contribution in [2.24, 2.45) is 0 Å². The van der Waals surface area contributed by atoms with Crippen molar-refractivity contribution >= 4 is 17.6 Å². The Morgan fingerprint density at radius 3 is 2.21 bits per heavy atom. The fourth-order valence-electron chi connectivity index (χ4n) is 2.71. The zero-order valence-electron chi connectivity index (χ0n) is 13.6. The maximum atomic E-state index is 12.2. The number of Topliss-reactive ketones (excluding diaryl/α,β-unsaturated/α-hetero) is 1. The summed E-state index contributed by atoms with van der Waals surface area (Å²) in [6, 6.07) is 3.66. The summed E-state index contributed by atoms with van der Waals surface area (Å²) in [4.78, 5) is 36.8. The smallest absolute Gasteiger partial charge is 0.251 e. The predicted molar refractivity (Wildman–Crippen MR) is 86.8 cm³/mol. The minimum absolute atomic E-state index is 0.000124. The number of hydrogen-bond donors (Lipinski definition) is 3. The third-order valence-electron chi connectivity index (χ3n) is 4.04. The van der Waals surface area contributed by atoms with Crippen molar-refractivity contribution in [3.05, 3.63) is 23.8 Å². The minimum Gasteiger partial charge on any atom is -0.508 e. The topological polar surface area (TPSA) is 107 Å². The number of phenolic OH excluding ortho intramolecular Hbond substituents is 2. The molecule has 0 bridgehead atoms. The van der Waals surface area contributed by atoms with Gasteiger partial charge in [0.05, 0.1) is 0 Å². The highest BCUT2D eigenvalue weighted by Crippen LogP contribution is 2.21. The van der Waals surface area contributed by atoms with Crippen LogP contribution in [0, 0.1) is 0 Å². The average Bonchev–Trinajstić information content (AvgIpc) is 2.52. The Morgan fingerprint density at radius 2 is 1.67 bits per heavy atom. The number of likely N-dealkylation sites (tertiary alicyclic amines) is 1. The summed E-state index contributed by atoms with van der Waals surface area (Å²) in [5.41, 5.74) is 0.187. The van der Waals surface area contributed by atoms with Gasteiger partial charge in [-0.05, 0) is 31.9 Å². The van der Waals surface area contributed by atoms with Gasteiger partial charge in [-0.1, -0.05) is 0 Å². The number of aromatic hydroxyl groups is 2. The molecule has 7 nitrogen and oxygen atoms in total. The number of nitrogens with one attached hydrogen (secondary N) is 1. The number of nitrogens with zero attached hydrogens (tertiary/aromatic N) is 1. The highest BCUT2D eigenvalue weighted by Gasteiger charge is 2.24. The molecule has 2 amide bonds. The molecule has 3 N–H and O–H groups in total. The van der Waals surface area contributed by atoms with Crippen LogP contribution in [0.25, 0.3) is 0 Å². The summed E-state index contributed by atoms with van der Waals surface area (Å²) in [6.45, 7) is 2.54. The maximum absolute atomic E-state index is 12.2. The molecule has 0 saturated carbocycles. The molecule has 0 aliphatic carbocycles. The number of piperidine rings is 1. The normalized spacial score (nSPS) is 15.1. The standard InChI is InChI=1S/C17H22N2O5/c1-11(20)2-3-16(23)19-6-4-13(5-7-19)18-17(24)12-8-14(21)10-15(22)9-12/h8-10,13,21-22H,2-7H2,1H3,(H,18,24). The molecular weight excluding hydrogens is 312 g/mol. The molecule has 1 heterocycles. The summed E-state index contributed by atoms with van der Waals surface area (Å²) in [6.07, 6.45) is 1.75. The summed E-state index contributed by atoms with van der Waals surface area (Å²) in [5.74, 6) is -0.757. The Hall–Kier alpha value is -2.57. The van der Waals surface area contributed by atoms with Crippen molar-refractivity contribution in [2.45, 2.75) is 38.6 Å². The van der Waals surface area contributed by atoms with E-state index in [9.17, 15) is 24.6 Å². The van der Waals surface area contributed by atoms with Gasteiger partial charge in [-0.3, -0.25) is 9.59 Å². The van der Waals surface area contributed by atoms with E-state index in [2.05, 4.69) is 5.32 Å². The maximum Gasteiger partial charge on any atom is 0.251 e. The van der Waals surface area contributed by atoms with Gasteiger partial charge in [0.15, 0.2) is 0 Å². The lowest BCUT2D eigenvalue weighted by molar-refractivity contribution is -0.133. The van der Waals surface area contributed by atoms with Crippen molar-refractivity contribution in [3.8, 4) is 11.5 Å². The molecule has 0 spiro atoms. The lowest BCUT2D eigenvalue weighted by Crippen LogP contribution is -2.46. The molecule has 1 aliphatic rings. The quantitative estimate of drug-likeness (QED) is 0.750. The van der Waals surface area contributed by atoms with Crippen molar-refractivity contribution in [1.82, 2.24) is 10.2 Å². The fourth-order valence-corrected chi connectivity index (χ4v) is 2.71. The SMILES string of the molecule is CC(=O)CCC(=O)N1CCC(NC(=O)c2cc(O)cc(O)c2)CC1. The molecular formula is C17H22N2O5. The molecule has 1 aromatic carbocycles. The lowest BCUT2D eigenvalue weighted by Gasteiger charge is -2.32. The number of rotatable bonds is 5. The molecule has 0 atom stereocenters. The monoisotopic (exact) mass is 334 g/mol. The average molecular weight is 334 g/mol. The van der Waals surface area contributed by atoms with Crippen molar-refractivity contribution < 1.29 is 24.6 Å². The second kappa shape index (κ2) is 7.81. The van der Waals surface area contributed by atoms with Gasteiger partial charge in [-0.15, -0.1) is 0 Å². The van der Waals surface area contributed by atoms with Crippen LogP contribution in [0.1, 0.15) is 43.0 Å². The molecule has 0 radical (unpaired) electrons. The molecule has 130 valence electrons. The Morgan fingerprint density at radius 1 is 1.08 bits per heavy atom. The van der Waals surface area contributed by atoms with Crippen LogP contribution < -0.4 is 5.32 Å². The van der Waals surface area contributed by atoms with Gasteiger partial charge in [0.2, 0.25) is 5.91 Å². The van der Waals surface area contributed by atoms with E-state index in [1.807, 2.05) is 0 Å². The summed E-state index contributed by atoms with van der Waals surface area (Å²) in [7, 11) is 0. The molecule has 24 heavy (non-hydrogen) atoms.